The average Bonchev–Trinajstić information content (AvgIpc) is 2.32. The molecule has 0 saturated carbocycles. The molecular weight excluding hydrogens is 285 g/mol. The van der Waals surface area contributed by atoms with Crippen LogP contribution in [0.2, 0.25) is 0 Å². The molecule has 1 N–H and O–H groups in total. The van der Waals surface area contributed by atoms with Crippen molar-refractivity contribution in [3.63, 3.8) is 0 Å². The van der Waals surface area contributed by atoms with Gasteiger partial charge in [-0.3, -0.25) is 4.90 Å². The van der Waals surface area contributed by atoms with Crippen LogP contribution in [0.1, 0.15) is 40.5 Å². The predicted octanol–water partition coefficient (Wildman–Crippen LogP) is 3.17. The fourth-order valence-electron chi connectivity index (χ4n) is 2.62. The van der Waals surface area contributed by atoms with Gasteiger partial charge in [-0.05, 0) is 59.5 Å². The summed E-state index contributed by atoms with van der Waals surface area (Å²) in [6, 6.07) is -1.78. The summed E-state index contributed by atoms with van der Waals surface area (Å²) in [7, 11) is 0. The van der Waals surface area contributed by atoms with Crippen LogP contribution in [0.5, 0.6) is 0 Å². The van der Waals surface area contributed by atoms with E-state index < -0.39 is 29.8 Å². The average molecular weight is 310 g/mol. The number of piperidine rings is 1. The standard InChI is InChI=1S/C14H25F3N2O2/c1-5-19(12(20)21-13(2,3)4)11(14(15,16)17)10-6-8-18-9-7-10/h10-11,18H,5-9H2,1-4H3. The molecule has 0 radical (unpaired) electrons. The van der Waals surface area contributed by atoms with E-state index in [0.717, 1.165) is 4.90 Å². The SMILES string of the molecule is CCN(C(=O)OC(C)(C)C)C(C1CCNCC1)C(F)(F)F. The summed E-state index contributed by atoms with van der Waals surface area (Å²) in [4.78, 5) is 12.9. The van der Waals surface area contributed by atoms with Crippen molar-refractivity contribution in [2.75, 3.05) is 19.6 Å². The highest BCUT2D eigenvalue weighted by molar-refractivity contribution is 5.68. The summed E-state index contributed by atoms with van der Waals surface area (Å²) in [6.45, 7) is 7.54. The number of amides is 1. The van der Waals surface area contributed by atoms with Gasteiger partial charge in [0.25, 0.3) is 0 Å². The second-order valence-electron chi connectivity index (χ2n) is 6.34. The Balaban J connectivity index is 2.95. The van der Waals surface area contributed by atoms with E-state index in [2.05, 4.69) is 5.32 Å². The van der Waals surface area contributed by atoms with E-state index >= 15 is 0 Å². The Kier molecular flexibility index (Phi) is 5.90. The second kappa shape index (κ2) is 6.85. The summed E-state index contributed by atoms with van der Waals surface area (Å²) in [5.41, 5.74) is -0.811. The van der Waals surface area contributed by atoms with Crippen LogP contribution in [-0.4, -0.2) is 48.4 Å². The number of carbonyl (C=O) groups excluding carboxylic acids is 1. The molecule has 1 amide bonds. The van der Waals surface area contributed by atoms with Gasteiger partial charge >= 0.3 is 12.3 Å². The lowest BCUT2D eigenvalue weighted by molar-refractivity contribution is -0.196. The first-order valence-electron chi connectivity index (χ1n) is 7.33. The Morgan fingerprint density at radius 2 is 1.81 bits per heavy atom. The van der Waals surface area contributed by atoms with Crippen LogP contribution in [-0.2, 0) is 4.74 Å². The molecule has 1 unspecified atom stereocenters. The summed E-state index contributed by atoms with van der Waals surface area (Å²) in [6.07, 6.45) is -4.53. The third-order valence-electron chi connectivity index (χ3n) is 3.47. The molecule has 1 rings (SSSR count). The molecule has 0 aromatic heterocycles. The Labute approximate surface area is 124 Å². The molecule has 0 aromatic carbocycles. The number of carbonyl (C=O) groups is 1. The van der Waals surface area contributed by atoms with Crippen LogP contribution in [0.15, 0.2) is 0 Å². The van der Waals surface area contributed by atoms with Crippen molar-refractivity contribution in [1.29, 1.82) is 0 Å². The summed E-state index contributed by atoms with van der Waals surface area (Å²) >= 11 is 0. The molecule has 1 atom stereocenters. The van der Waals surface area contributed by atoms with Crippen LogP contribution in [0.3, 0.4) is 0 Å². The van der Waals surface area contributed by atoms with Crippen molar-refractivity contribution in [3.8, 4) is 0 Å². The molecule has 1 heterocycles. The molecule has 4 nitrogen and oxygen atoms in total. The smallest absolute Gasteiger partial charge is 0.410 e. The Morgan fingerprint density at radius 1 is 1.29 bits per heavy atom. The van der Waals surface area contributed by atoms with Crippen molar-refractivity contribution in [2.24, 2.45) is 5.92 Å². The molecule has 21 heavy (non-hydrogen) atoms. The minimum atomic E-state index is -4.45. The number of ether oxygens (including phenoxy) is 1. The largest absolute Gasteiger partial charge is 0.444 e. The van der Waals surface area contributed by atoms with Crippen molar-refractivity contribution < 1.29 is 22.7 Å². The van der Waals surface area contributed by atoms with Gasteiger partial charge in [0.1, 0.15) is 11.6 Å². The highest BCUT2D eigenvalue weighted by Crippen LogP contribution is 2.35. The molecule has 0 spiro atoms. The monoisotopic (exact) mass is 310 g/mol. The van der Waals surface area contributed by atoms with E-state index in [4.69, 9.17) is 4.74 Å². The topological polar surface area (TPSA) is 41.6 Å². The second-order valence-corrected chi connectivity index (χ2v) is 6.34. The van der Waals surface area contributed by atoms with Gasteiger partial charge in [0.05, 0.1) is 0 Å². The molecule has 1 aliphatic rings. The molecule has 7 heteroatoms. The summed E-state index contributed by atoms with van der Waals surface area (Å²) < 4.78 is 45.5. The van der Waals surface area contributed by atoms with Gasteiger partial charge in [-0.25, -0.2) is 4.79 Å². The van der Waals surface area contributed by atoms with E-state index in [1.54, 1.807) is 27.7 Å². The predicted molar refractivity (Wildman–Crippen MR) is 74.1 cm³/mol. The minimum Gasteiger partial charge on any atom is -0.444 e. The van der Waals surface area contributed by atoms with Crippen molar-refractivity contribution in [2.45, 2.75) is 58.4 Å². The van der Waals surface area contributed by atoms with Crippen molar-refractivity contribution >= 4 is 6.09 Å². The fraction of sp³-hybridized carbons (Fsp3) is 0.929. The molecule has 0 aliphatic carbocycles. The van der Waals surface area contributed by atoms with Crippen molar-refractivity contribution in [3.05, 3.63) is 0 Å². The van der Waals surface area contributed by atoms with Crippen LogP contribution in [0.4, 0.5) is 18.0 Å². The third-order valence-corrected chi connectivity index (χ3v) is 3.47. The van der Waals surface area contributed by atoms with E-state index in [0.29, 0.717) is 25.9 Å². The zero-order valence-electron chi connectivity index (χ0n) is 13.1. The third kappa shape index (κ3) is 5.37. The van der Waals surface area contributed by atoms with Crippen molar-refractivity contribution in [1.82, 2.24) is 10.2 Å². The lowest BCUT2D eigenvalue weighted by atomic mass is 9.89. The van der Waals surface area contributed by atoms with Crippen LogP contribution >= 0.6 is 0 Å². The maximum absolute atomic E-state index is 13.5. The van der Waals surface area contributed by atoms with Gasteiger partial charge < -0.3 is 10.1 Å². The number of nitrogens with one attached hydrogen (secondary N) is 1. The molecule has 0 bridgehead atoms. The van der Waals surface area contributed by atoms with E-state index in [1.165, 1.54) is 0 Å². The maximum Gasteiger partial charge on any atom is 0.410 e. The number of hydrogen-bond donors (Lipinski definition) is 1. The highest BCUT2D eigenvalue weighted by Gasteiger charge is 2.50. The van der Waals surface area contributed by atoms with E-state index in [1.807, 2.05) is 0 Å². The lowest BCUT2D eigenvalue weighted by Gasteiger charge is -2.39. The molecule has 1 saturated heterocycles. The number of nitrogens with zero attached hydrogens (tertiary/aromatic N) is 1. The van der Waals surface area contributed by atoms with Gasteiger partial charge in [-0.15, -0.1) is 0 Å². The molecule has 1 aliphatic heterocycles. The lowest BCUT2D eigenvalue weighted by Crippen LogP contribution is -2.55. The van der Waals surface area contributed by atoms with Gasteiger partial charge in [0.15, 0.2) is 0 Å². The van der Waals surface area contributed by atoms with Crippen LogP contribution in [0, 0.1) is 5.92 Å². The fourth-order valence-corrected chi connectivity index (χ4v) is 2.62. The molecule has 0 aromatic rings. The van der Waals surface area contributed by atoms with E-state index in [9.17, 15) is 18.0 Å². The quantitative estimate of drug-likeness (QED) is 0.870. The Hall–Kier alpha value is -0.980. The number of rotatable bonds is 3. The number of hydrogen-bond acceptors (Lipinski definition) is 3. The van der Waals surface area contributed by atoms with Gasteiger partial charge in [0.2, 0.25) is 0 Å². The van der Waals surface area contributed by atoms with Gasteiger partial charge in [0, 0.05) is 6.54 Å². The molecule has 1 fully saturated rings. The first-order valence-corrected chi connectivity index (χ1v) is 7.33. The zero-order chi connectivity index (χ0) is 16.3. The number of alkyl halides is 3. The maximum atomic E-state index is 13.5. The number of halogens is 3. The van der Waals surface area contributed by atoms with Gasteiger partial charge in [-0.2, -0.15) is 13.2 Å². The molecule has 124 valence electrons. The normalized spacial score (nSPS) is 19.2. The molecular formula is C14H25F3N2O2. The summed E-state index contributed by atoms with van der Waals surface area (Å²) in [5.74, 6) is -0.585. The minimum absolute atomic E-state index is 0.0248. The highest BCUT2D eigenvalue weighted by atomic mass is 19.4. The van der Waals surface area contributed by atoms with E-state index in [-0.39, 0.29) is 6.54 Å². The van der Waals surface area contributed by atoms with Gasteiger partial charge in [-0.1, -0.05) is 0 Å². The zero-order valence-corrected chi connectivity index (χ0v) is 13.1. The van der Waals surface area contributed by atoms with Crippen LogP contribution < -0.4 is 5.32 Å². The Morgan fingerprint density at radius 3 is 2.19 bits per heavy atom. The first-order chi connectivity index (χ1) is 9.56. The Bertz CT molecular complexity index is 347. The first kappa shape index (κ1) is 18.1. The van der Waals surface area contributed by atoms with Crippen LogP contribution in [0.25, 0.3) is 0 Å². The summed E-state index contributed by atoms with van der Waals surface area (Å²) in [5, 5.41) is 3.04.